The Morgan fingerprint density at radius 1 is 0.875 bits per heavy atom. The summed E-state index contributed by atoms with van der Waals surface area (Å²) in [6.45, 7) is 0. The summed E-state index contributed by atoms with van der Waals surface area (Å²) in [5.41, 5.74) is 0.710. The van der Waals surface area contributed by atoms with Crippen molar-refractivity contribution in [3.63, 3.8) is 0 Å². The van der Waals surface area contributed by atoms with E-state index in [4.69, 9.17) is 4.42 Å². The normalized spacial score (nSPS) is 14.2. The summed E-state index contributed by atoms with van der Waals surface area (Å²) in [6, 6.07) is 14.5. The number of rotatable bonds is 2. The zero-order valence-corrected chi connectivity index (χ0v) is 12.4. The molecule has 1 heterocycles. The molecule has 118 valence electrons. The second-order valence-electron chi connectivity index (χ2n) is 5.56. The molecule has 0 bridgehead atoms. The van der Waals surface area contributed by atoms with Gasteiger partial charge in [0.1, 0.15) is 17.6 Å². The van der Waals surface area contributed by atoms with Crippen LogP contribution in [0.1, 0.15) is 49.5 Å². The molecule has 1 aliphatic carbocycles. The number of aliphatic hydroxyl groups is 1. The first-order valence-corrected chi connectivity index (χ1v) is 7.36. The molecule has 4 rings (SSSR count). The van der Waals surface area contributed by atoms with Crippen LogP contribution >= 0.6 is 0 Å². The number of benzene rings is 2. The van der Waals surface area contributed by atoms with Gasteiger partial charge in [0.15, 0.2) is 5.76 Å². The van der Waals surface area contributed by atoms with E-state index in [1.54, 1.807) is 24.3 Å². The molecule has 2 aromatic carbocycles. The van der Waals surface area contributed by atoms with Crippen LogP contribution in [0.3, 0.4) is 0 Å². The van der Waals surface area contributed by atoms with Gasteiger partial charge in [-0.2, -0.15) is 0 Å². The lowest BCUT2D eigenvalue weighted by Gasteiger charge is -2.13. The molecule has 1 aromatic heterocycles. The molecule has 0 radical (unpaired) electrons. The predicted molar refractivity (Wildman–Crippen MR) is 84.2 cm³/mol. The Kier molecular flexibility index (Phi) is 3.11. The highest BCUT2D eigenvalue weighted by molar-refractivity contribution is 6.28. The minimum atomic E-state index is -1.09. The van der Waals surface area contributed by atoms with Crippen LogP contribution < -0.4 is 0 Å². The summed E-state index contributed by atoms with van der Waals surface area (Å²) in [6.07, 6.45) is -1.09. The third-order valence-electron chi connectivity index (χ3n) is 4.10. The largest absolute Gasteiger partial charge is 0.507 e. The Balaban J connectivity index is 1.83. The molecule has 1 atom stereocenters. The number of phenols is 1. The topological polar surface area (TPSA) is 87.7 Å². The van der Waals surface area contributed by atoms with Crippen molar-refractivity contribution < 1.29 is 24.2 Å². The van der Waals surface area contributed by atoms with Gasteiger partial charge >= 0.3 is 0 Å². The summed E-state index contributed by atoms with van der Waals surface area (Å²) in [5.74, 6) is -1.22. The average molecular weight is 320 g/mol. The van der Waals surface area contributed by atoms with Crippen LogP contribution in [-0.4, -0.2) is 21.8 Å². The Hall–Kier alpha value is -3.18. The van der Waals surface area contributed by atoms with Gasteiger partial charge in [0.05, 0.1) is 11.1 Å². The van der Waals surface area contributed by atoms with Gasteiger partial charge in [-0.15, -0.1) is 0 Å². The molecule has 1 unspecified atom stereocenters. The van der Waals surface area contributed by atoms with Crippen LogP contribution in [-0.2, 0) is 0 Å². The number of carbonyl (C=O) groups is 2. The number of hydrogen-bond acceptors (Lipinski definition) is 5. The zero-order valence-electron chi connectivity index (χ0n) is 12.4. The SMILES string of the molecule is O=C1c2cccc(O)c2C(=O)c2cc(C(O)c3ccccc3)oc21. The van der Waals surface area contributed by atoms with E-state index >= 15 is 0 Å². The lowest BCUT2D eigenvalue weighted by Crippen LogP contribution is -2.19. The smallest absolute Gasteiger partial charge is 0.229 e. The summed E-state index contributed by atoms with van der Waals surface area (Å²) >= 11 is 0. The average Bonchev–Trinajstić information content (AvgIpc) is 3.05. The lowest BCUT2D eigenvalue weighted by atomic mass is 9.88. The summed E-state index contributed by atoms with van der Waals surface area (Å²) < 4.78 is 5.50. The van der Waals surface area contributed by atoms with E-state index < -0.39 is 17.7 Å². The van der Waals surface area contributed by atoms with E-state index in [0.29, 0.717) is 5.56 Å². The van der Waals surface area contributed by atoms with Crippen LogP contribution in [0.4, 0.5) is 0 Å². The molecular weight excluding hydrogens is 308 g/mol. The van der Waals surface area contributed by atoms with Crippen LogP contribution in [0, 0.1) is 0 Å². The Morgan fingerprint density at radius 3 is 2.38 bits per heavy atom. The van der Waals surface area contributed by atoms with Crippen molar-refractivity contribution in [3.8, 4) is 5.75 Å². The van der Waals surface area contributed by atoms with Crippen molar-refractivity contribution in [2.75, 3.05) is 0 Å². The molecule has 0 saturated heterocycles. The van der Waals surface area contributed by atoms with Crippen LogP contribution in [0.25, 0.3) is 0 Å². The Labute approximate surface area is 136 Å². The zero-order chi connectivity index (χ0) is 16.8. The summed E-state index contributed by atoms with van der Waals surface area (Å²) in [7, 11) is 0. The van der Waals surface area contributed by atoms with E-state index in [-0.39, 0.29) is 34.0 Å². The summed E-state index contributed by atoms with van der Waals surface area (Å²) in [5, 5.41) is 20.3. The number of aliphatic hydroxyl groups excluding tert-OH is 1. The molecule has 3 aromatic rings. The molecule has 1 aliphatic rings. The van der Waals surface area contributed by atoms with Crippen molar-refractivity contribution in [2.45, 2.75) is 6.10 Å². The maximum atomic E-state index is 12.6. The fourth-order valence-corrected chi connectivity index (χ4v) is 2.91. The number of aromatic hydroxyl groups is 1. The van der Waals surface area contributed by atoms with Crippen molar-refractivity contribution in [3.05, 3.63) is 88.4 Å². The third kappa shape index (κ3) is 1.99. The van der Waals surface area contributed by atoms with Gasteiger partial charge in [0, 0.05) is 5.56 Å². The van der Waals surface area contributed by atoms with Gasteiger partial charge in [-0.1, -0.05) is 36.4 Å². The van der Waals surface area contributed by atoms with Crippen LogP contribution in [0.5, 0.6) is 5.75 Å². The summed E-state index contributed by atoms with van der Waals surface area (Å²) in [4.78, 5) is 25.1. The van der Waals surface area contributed by atoms with Gasteiger partial charge in [0.2, 0.25) is 11.6 Å². The molecule has 0 amide bonds. The van der Waals surface area contributed by atoms with E-state index in [1.807, 2.05) is 6.07 Å². The second-order valence-corrected chi connectivity index (χ2v) is 5.56. The third-order valence-corrected chi connectivity index (χ3v) is 4.10. The lowest BCUT2D eigenvalue weighted by molar-refractivity contribution is 0.0953. The Bertz CT molecular complexity index is 969. The van der Waals surface area contributed by atoms with E-state index in [9.17, 15) is 19.8 Å². The van der Waals surface area contributed by atoms with E-state index in [1.165, 1.54) is 24.3 Å². The van der Waals surface area contributed by atoms with Crippen molar-refractivity contribution in [1.82, 2.24) is 0 Å². The maximum absolute atomic E-state index is 12.6. The number of fused-ring (bicyclic) bond motifs is 2. The first-order chi connectivity index (χ1) is 11.6. The standard InChI is InChI=1S/C19H12O5/c20-13-8-4-7-11-15(13)17(22)12-9-14(24-19(12)18(11)23)16(21)10-5-2-1-3-6-10/h1-9,16,20-21H. The number of hydrogen-bond donors (Lipinski definition) is 2. The minimum Gasteiger partial charge on any atom is -0.507 e. The van der Waals surface area contributed by atoms with Gasteiger partial charge in [0.25, 0.3) is 0 Å². The monoisotopic (exact) mass is 320 g/mol. The number of furan rings is 1. The molecule has 5 nitrogen and oxygen atoms in total. The highest BCUT2D eigenvalue weighted by Gasteiger charge is 2.36. The van der Waals surface area contributed by atoms with Crippen LogP contribution in [0.2, 0.25) is 0 Å². The highest BCUT2D eigenvalue weighted by atomic mass is 16.4. The maximum Gasteiger partial charge on any atom is 0.229 e. The van der Waals surface area contributed by atoms with E-state index in [0.717, 1.165) is 0 Å². The molecule has 24 heavy (non-hydrogen) atoms. The molecular formula is C19H12O5. The van der Waals surface area contributed by atoms with Gasteiger partial charge in [-0.3, -0.25) is 9.59 Å². The number of phenolic OH excluding ortho intramolecular Hbond substituents is 1. The predicted octanol–water partition coefficient (Wildman–Crippen LogP) is 2.84. The molecule has 2 N–H and O–H groups in total. The first kappa shape index (κ1) is 14.4. The fourth-order valence-electron chi connectivity index (χ4n) is 2.91. The highest BCUT2D eigenvalue weighted by Crippen LogP contribution is 2.36. The first-order valence-electron chi connectivity index (χ1n) is 7.36. The van der Waals surface area contributed by atoms with Crippen molar-refractivity contribution in [1.29, 1.82) is 0 Å². The Morgan fingerprint density at radius 2 is 1.62 bits per heavy atom. The number of ketones is 2. The van der Waals surface area contributed by atoms with Crippen molar-refractivity contribution >= 4 is 11.6 Å². The quantitative estimate of drug-likeness (QED) is 0.593. The minimum absolute atomic E-state index is 0.0310. The van der Waals surface area contributed by atoms with Gasteiger partial charge in [-0.05, 0) is 23.8 Å². The van der Waals surface area contributed by atoms with Gasteiger partial charge < -0.3 is 14.6 Å². The van der Waals surface area contributed by atoms with Gasteiger partial charge in [-0.25, -0.2) is 0 Å². The molecule has 0 fully saturated rings. The molecule has 0 aliphatic heterocycles. The number of carbonyl (C=O) groups excluding carboxylic acids is 2. The molecule has 0 spiro atoms. The molecule has 5 heteroatoms. The molecule has 0 saturated carbocycles. The second kappa shape index (κ2) is 5.18. The van der Waals surface area contributed by atoms with Crippen molar-refractivity contribution in [2.24, 2.45) is 0 Å². The van der Waals surface area contributed by atoms with Crippen LogP contribution in [0.15, 0.2) is 59.0 Å². The van der Waals surface area contributed by atoms with E-state index in [2.05, 4.69) is 0 Å². The fraction of sp³-hybridized carbons (Fsp3) is 0.0526.